The molecule has 0 saturated heterocycles. The third-order valence-electron chi connectivity index (χ3n) is 2.96. The predicted octanol–water partition coefficient (Wildman–Crippen LogP) is 3.75. The average molecular weight is 219 g/mol. The first-order valence-corrected chi connectivity index (χ1v) is 6.44. The highest BCUT2D eigenvalue weighted by Crippen LogP contribution is 2.12. The molecule has 0 saturated carbocycles. The molecule has 0 aromatic heterocycles. The Hall–Kier alpha value is -0.820. The van der Waals surface area contributed by atoms with Gasteiger partial charge in [0, 0.05) is 6.04 Å². The molecule has 0 aliphatic heterocycles. The van der Waals surface area contributed by atoms with Crippen LogP contribution in [0, 0.1) is 13.8 Å². The van der Waals surface area contributed by atoms with Gasteiger partial charge in [0.2, 0.25) is 0 Å². The van der Waals surface area contributed by atoms with Crippen molar-refractivity contribution < 1.29 is 0 Å². The first kappa shape index (κ1) is 13.2. The monoisotopic (exact) mass is 219 g/mol. The van der Waals surface area contributed by atoms with Gasteiger partial charge >= 0.3 is 0 Å². The summed E-state index contributed by atoms with van der Waals surface area (Å²) >= 11 is 0. The zero-order valence-corrected chi connectivity index (χ0v) is 10.9. The lowest BCUT2D eigenvalue weighted by Gasteiger charge is -2.12. The smallest absolute Gasteiger partial charge is 0.00793 e. The number of nitrogens with two attached hydrogens (primary N) is 1. The molecule has 0 aliphatic carbocycles. The molecule has 90 valence electrons. The molecule has 0 spiro atoms. The van der Waals surface area contributed by atoms with E-state index in [0.29, 0.717) is 6.04 Å². The van der Waals surface area contributed by atoms with Gasteiger partial charge in [-0.05, 0) is 32.3 Å². The maximum absolute atomic E-state index is 6.15. The summed E-state index contributed by atoms with van der Waals surface area (Å²) < 4.78 is 0. The Morgan fingerprint density at radius 2 is 1.69 bits per heavy atom. The molecule has 0 radical (unpaired) electrons. The quantitative estimate of drug-likeness (QED) is 0.724. The molecule has 1 unspecified atom stereocenters. The van der Waals surface area contributed by atoms with Crippen LogP contribution in [-0.2, 0) is 6.42 Å². The number of rotatable bonds is 6. The van der Waals surface area contributed by atoms with Crippen molar-refractivity contribution in [3.05, 3.63) is 34.9 Å². The maximum atomic E-state index is 6.15. The molecule has 1 rings (SSSR count). The second-order valence-electron chi connectivity index (χ2n) is 4.96. The standard InChI is InChI=1S/C15H25N/c1-4-5-6-7-15(16)11-14-9-12(2)8-13(3)10-14/h8-10,15H,4-7,11,16H2,1-3H3. The van der Waals surface area contributed by atoms with Crippen LogP contribution in [0.5, 0.6) is 0 Å². The molecule has 1 aromatic carbocycles. The summed E-state index contributed by atoms with van der Waals surface area (Å²) in [5, 5.41) is 0. The minimum atomic E-state index is 0.327. The normalized spacial score (nSPS) is 12.8. The summed E-state index contributed by atoms with van der Waals surface area (Å²) in [7, 11) is 0. The Morgan fingerprint density at radius 3 is 2.25 bits per heavy atom. The van der Waals surface area contributed by atoms with E-state index in [-0.39, 0.29) is 0 Å². The Balaban J connectivity index is 2.45. The van der Waals surface area contributed by atoms with Crippen molar-refractivity contribution in [3.63, 3.8) is 0 Å². The lowest BCUT2D eigenvalue weighted by molar-refractivity contribution is 0.557. The van der Waals surface area contributed by atoms with E-state index in [9.17, 15) is 0 Å². The van der Waals surface area contributed by atoms with Crippen molar-refractivity contribution in [2.45, 2.75) is 58.9 Å². The highest BCUT2D eigenvalue weighted by molar-refractivity contribution is 5.29. The molecule has 0 bridgehead atoms. The lowest BCUT2D eigenvalue weighted by atomic mass is 9.98. The van der Waals surface area contributed by atoms with E-state index in [4.69, 9.17) is 5.73 Å². The molecule has 0 aliphatic rings. The Morgan fingerprint density at radius 1 is 1.06 bits per heavy atom. The van der Waals surface area contributed by atoms with Gasteiger partial charge < -0.3 is 5.73 Å². The van der Waals surface area contributed by atoms with Gasteiger partial charge in [0.05, 0.1) is 0 Å². The first-order chi connectivity index (χ1) is 7.61. The van der Waals surface area contributed by atoms with Crippen LogP contribution in [0.2, 0.25) is 0 Å². The van der Waals surface area contributed by atoms with Gasteiger partial charge in [-0.2, -0.15) is 0 Å². The van der Waals surface area contributed by atoms with Crippen LogP contribution >= 0.6 is 0 Å². The molecule has 0 fully saturated rings. The van der Waals surface area contributed by atoms with E-state index >= 15 is 0 Å². The van der Waals surface area contributed by atoms with Gasteiger partial charge in [-0.15, -0.1) is 0 Å². The summed E-state index contributed by atoms with van der Waals surface area (Å²) in [5.41, 5.74) is 10.2. The molecule has 1 nitrogen and oxygen atoms in total. The first-order valence-electron chi connectivity index (χ1n) is 6.44. The van der Waals surface area contributed by atoms with Gasteiger partial charge in [0.15, 0.2) is 0 Å². The van der Waals surface area contributed by atoms with Crippen molar-refractivity contribution in [3.8, 4) is 0 Å². The Labute approximate surface area is 100 Å². The Bertz CT molecular complexity index is 297. The van der Waals surface area contributed by atoms with Crippen molar-refractivity contribution in [1.82, 2.24) is 0 Å². The molecule has 2 N–H and O–H groups in total. The minimum absolute atomic E-state index is 0.327. The molecular weight excluding hydrogens is 194 g/mol. The maximum Gasteiger partial charge on any atom is 0.00793 e. The van der Waals surface area contributed by atoms with Gasteiger partial charge in [-0.25, -0.2) is 0 Å². The highest BCUT2D eigenvalue weighted by Gasteiger charge is 2.04. The number of aryl methyl sites for hydroxylation is 2. The van der Waals surface area contributed by atoms with E-state index in [2.05, 4.69) is 39.0 Å². The van der Waals surface area contributed by atoms with Crippen LogP contribution in [0.4, 0.5) is 0 Å². The van der Waals surface area contributed by atoms with Crippen molar-refractivity contribution >= 4 is 0 Å². The number of benzene rings is 1. The highest BCUT2D eigenvalue weighted by atomic mass is 14.6. The number of hydrogen-bond donors (Lipinski definition) is 1. The third kappa shape index (κ3) is 4.80. The SMILES string of the molecule is CCCCCC(N)Cc1cc(C)cc(C)c1. The van der Waals surface area contributed by atoms with E-state index in [0.717, 1.165) is 12.8 Å². The summed E-state index contributed by atoms with van der Waals surface area (Å²) in [6.07, 6.45) is 6.02. The van der Waals surface area contributed by atoms with E-state index in [1.54, 1.807) is 0 Å². The molecule has 0 amide bonds. The van der Waals surface area contributed by atoms with E-state index in [1.165, 1.54) is 36.0 Å². The van der Waals surface area contributed by atoms with Crippen LogP contribution in [0.15, 0.2) is 18.2 Å². The molecule has 1 atom stereocenters. The molecular formula is C15H25N. The minimum Gasteiger partial charge on any atom is -0.327 e. The summed E-state index contributed by atoms with van der Waals surface area (Å²) in [5.74, 6) is 0. The molecule has 1 aromatic rings. The van der Waals surface area contributed by atoms with E-state index < -0.39 is 0 Å². The fourth-order valence-electron chi connectivity index (χ4n) is 2.25. The van der Waals surface area contributed by atoms with Gasteiger partial charge in [-0.3, -0.25) is 0 Å². The summed E-state index contributed by atoms with van der Waals surface area (Å²) in [4.78, 5) is 0. The predicted molar refractivity (Wildman–Crippen MR) is 71.7 cm³/mol. The molecule has 0 heterocycles. The largest absolute Gasteiger partial charge is 0.327 e. The van der Waals surface area contributed by atoms with Crippen LogP contribution in [0.25, 0.3) is 0 Å². The van der Waals surface area contributed by atoms with E-state index in [1.807, 2.05) is 0 Å². The number of hydrogen-bond acceptors (Lipinski definition) is 1. The van der Waals surface area contributed by atoms with Gasteiger partial charge in [0.1, 0.15) is 0 Å². The Kier molecular flexibility index (Phi) is 5.54. The van der Waals surface area contributed by atoms with Crippen molar-refractivity contribution in [1.29, 1.82) is 0 Å². The second-order valence-corrected chi connectivity index (χ2v) is 4.96. The van der Waals surface area contributed by atoms with Crippen LogP contribution < -0.4 is 5.73 Å². The fourth-order valence-corrected chi connectivity index (χ4v) is 2.25. The zero-order chi connectivity index (χ0) is 12.0. The van der Waals surface area contributed by atoms with Gasteiger partial charge in [0.25, 0.3) is 0 Å². The van der Waals surface area contributed by atoms with Crippen molar-refractivity contribution in [2.24, 2.45) is 5.73 Å². The topological polar surface area (TPSA) is 26.0 Å². The van der Waals surface area contributed by atoms with Crippen LogP contribution in [-0.4, -0.2) is 6.04 Å². The third-order valence-corrected chi connectivity index (χ3v) is 2.96. The molecule has 1 heteroatoms. The fraction of sp³-hybridized carbons (Fsp3) is 0.600. The molecule has 16 heavy (non-hydrogen) atoms. The zero-order valence-electron chi connectivity index (χ0n) is 10.9. The average Bonchev–Trinajstić information content (AvgIpc) is 2.16. The van der Waals surface area contributed by atoms with Crippen molar-refractivity contribution in [2.75, 3.05) is 0 Å². The van der Waals surface area contributed by atoms with Crippen LogP contribution in [0.1, 0.15) is 49.3 Å². The number of unbranched alkanes of at least 4 members (excludes halogenated alkanes) is 2. The van der Waals surface area contributed by atoms with Gasteiger partial charge in [-0.1, -0.05) is 55.5 Å². The lowest BCUT2D eigenvalue weighted by Crippen LogP contribution is -2.22. The van der Waals surface area contributed by atoms with Crippen LogP contribution in [0.3, 0.4) is 0 Å². The summed E-state index contributed by atoms with van der Waals surface area (Å²) in [6.45, 7) is 6.54. The second kappa shape index (κ2) is 6.70. The summed E-state index contributed by atoms with van der Waals surface area (Å²) in [6, 6.07) is 7.05.